The van der Waals surface area contributed by atoms with E-state index >= 15 is 0 Å². The molecule has 8 nitrogen and oxygen atoms in total. The largest absolute Gasteiger partial charge is 0.381 e. The van der Waals surface area contributed by atoms with Gasteiger partial charge in [-0.1, -0.05) is 30.3 Å². The van der Waals surface area contributed by atoms with Gasteiger partial charge in [0.05, 0.1) is 18.3 Å². The van der Waals surface area contributed by atoms with Crippen molar-refractivity contribution in [2.75, 3.05) is 19.8 Å². The van der Waals surface area contributed by atoms with Crippen LogP contribution in [0.5, 0.6) is 0 Å². The van der Waals surface area contributed by atoms with E-state index in [9.17, 15) is 4.79 Å². The SMILES string of the molecule is C[C@H]1CN(C(=O)c2cc(-c3ccccc3)n[nH]2)Cc2nnc(C3CCOCC3)n21. The molecule has 0 bridgehead atoms. The Kier molecular flexibility index (Phi) is 4.63. The minimum atomic E-state index is -0.0617. The number of hydrogen-bond acceptors (Lipinski definition) is 5. The van der Waals surface area contributed by atoms with Crippen LogP contribution in [0.3, 0.4) is 0 Å². The van der Waals surface area contributed by atoms with Crippen LogP contribution < -0.4 is 0 Å². The summed E-state index contributed by atoms with van der Waals surface area (Å²) in [6.45, 7) is 4.75. The number of carbonyl (C=O) groups excluding carboxylic acids is 1. The number of fused-ring (bicyclic) bond motifs is 1. The maximum atomic E-state index is 13.1. The highest BCUT2D eigenvalue weighted by molar-refractivity contribution is 5.93. The molecule has 1 amide bonds. The van der Waals surface area contributed by atoms with E-state index in [0.29, 0.717) is 24.7 Å². The Balaban J connectivity index is 1.36. The third-order valence-corrected chi connectivity index (χ3v) is 5.80. The Morgan fingerprint density at radius 2 is 1.97 bits per heavy atom. The number of hydrogen-bond donors (Lipinski definition) is 1. The van der Waals surface area contributed by atoms with Crippen LogP contribution in [-0.4, -0.2) is 55.5 Å². The lowest BCUT2D eigenvalue weighted by molar-refractivity contribution is 0.0663. The summed E-state index contributed by atoms with van der Waals surface area (Å²) in [7, 11) is 0. The number of ether oxygens (including phenoxy) is 1. The van der Waals surface area contributed by atoms with E-state index in [1.807, 2.05) is 41.3 Å². The molecule has 1 fully saturated rings. The fourth-order valence-corrected chi connectivity index (χ4v) is 4.31. The summed E-state index contributed by atoms with van der Waals surface area (Å²) in [5.41, 5.74) is 2.24. The molecule has 8 heteroatoms. The molecular formula is C21H24N6O2. The first-order valence-electron chi connectivity index (χ1n) is 10.1. The summed E-state index contributed by atoms with van der Waals surface area (Å²) < 4.78 is 7.70. The van der Waals surface area contributed by atoms with Crippen LogP contribution >= 0.6 is 0 Å². The highest BCUT2D eigenvalue weighted by Crippen LogP contribution is 2.31. The topological polar surface area (TPSA) is 88.9 Å². The fraction of sp³-hybridized carbons (Fsp3) is 0.429. The van der Waals surface area contributed by atoms with Crippen LogP contribution in [0.1, 0.15) is 53.9 Å². The van der Waals surface area contributed by atoms with Gasteiger partial charge >= 0.3 is 0 Å². The molecule has 4 heterocycles. The van der Waals surface area contributed by atoms with Gasteiger partial charge in [-0.15, -0.1) is 10.2 Å². The van der Waals surface area contributed by atoms with Crippen molar-refractivity contribution in [1.29, 1.82) is 0 Å². The average molecular weight is 392 g/mol. The summed E-state index contributed by atoms with van der Waals surface area (Å²) in [5.74, 6) is 2.21. The summed E-state index contributed by atoms with van der Waals surface area (Å²) in [6, 6.07) is 11.8. The van der Waals surface area contributed by atoms with Crippen molar-refractivity contribution in [3.05, 3.63) is 53.7 Å². The van der Waals surface area contributed by atoms with Crippen LogP contribution in [0.2, 0.25) is 0 Å². The Morgan fingerprint density at radius 1 is 1.17 bits per heavy atom. The molecule has 0 unspecified atom stereocenters. The van der Waals surface area contributed by atoms with Gasteiger partial charge in [0.15, 0.2) is 5.82 Å². The first kappa shape index (κ1) is 18.1. The molecule has 5 rings (SSSR count). The minimum Gasteiger partial charge on any atom is -0.381 e. The van der Waals surface area contributed by atoms with Gasteiger partial charge in [-0.05, 0) is 25.8 Å². The molecule has 2 aliphatic rings. The van der Waals surface area contributed by atoms with Crippen LogP contribution in [0.25, 0.3) is 11.3 Å². The van der Waals surface area contributed by atoms with Crippen LogP contribution in [-0.2, 0) is 11.3 Å². The second-order valence-corrected chi connectivity index (χ2v) is 7.80. The number of H-pyrrole nitrogens is 1. The predicted octanol–water partition coefficient (Wildman–Crippen LogP) is 2.78. The van der Waals surface area contributed by atoms with Crippen molar-refractivity contribution in [1.82, 2.24) is 29.9 Å². The van der Waals surface area contributed by atoms with E-state index in [2.05, 4.69) is 31.9 Å². The Labute approximate surface area is 168 Å². The summed E-state index contributed by atoms with van der Waals surface area (Å²) in [4.78, 5) is 14.9. The van der Waals surface area contributed by atoms with E-state index in [1.54, 1.807) is 0 Å². The molecule has 0 radical (unpaired) electrons. The Bertz CT molecular complexity index is 1010. The highest BCUT2D eigenvalue weighted by Gasteiger charge is 2.33. The molecule has 1 saturated heterocycles. The Hall–Kier alpha value is -3.00. The number of aromatic amines is 1. The van der Waals surface area contributed by atoms with Crippen molar-refractivity contribution in [3.8, 4) is 11.3 Å². The first-order chi connectivity index (χ1) is 14.2. The number of aromatic nitrogens is 5. The molecule has 2 aliphatic heterocycles. The maximum Gasteiger partial charge on any atom is 0.272 e. The van der Waals surface area contributed by atoms with Gasteiger partial charge in [-0.3, -0.25) is 9.89 Å². The van der Waals surface area contributed by atoms with Gasteiger partial charge in [-0.2, -0.15) is 5.10 Å². The van der Waals surface area contributed by atoms with E-state index in [4.69, 9.17) is 4.74 Å². The Morgan fingerprint density at radius 3 is 2.76 bits per heavy atom. The maximum absolute atomic E-state index is 13.1. The van der Waals surface area contributed by atoms with Gasteiger partial charge in [-0.25, -0.2) is 0 Å². The zero-order chi connectivity index (χ0) is 19.8. The molecule has 0 saturated carbocycles. The fourth-order valence-electron chi connectivity index (χ4n) is 4.31. The number of benzene rings is 1. The number of amides is 1. The summed E-state index contributed by atoms with van der Waals surface area (Å²) in [5, 5.41) is 16.1. The van der Waals surface area contributed by atoms with Crippen molar-refractivity contribution in [3.63, 3.8) is 0 Å². The molecule has 1 N–H and O–H groups in total. The quantitative estimate of drug-likeness (QED) is 0.740. The molecule has 1 atom stereocenters. The van der Waals surface area contributed by atoms with E-state index in [0.717, 1.165) is 49.0 Å². The summed E-state index contributed by atoms with van der Waals surface area (Å²) >= 11 is 0. The van der Waals surface area contributed by atoms with Gasteiger partial charge in [0.2, 0.25) is 0 Å². The lowest BCUT2D eigenvalue weighted by Crippen LogP contribution is -2.41. The van der Waals surface area contributed by atoms with Crippen molar-refractivity contribution >= 4 is 5.91 Å². The zero-order valence-electron chi connectivity index (χ0n) is 16.4. The average Bonchev–Trinajstić information content (AvgIpc) is 3.42. The lowest BCUT2D eigenvalue weighted by atomic mass is 9.99. The number of carbonyl (C=O) groups is 1. The minimum absolute atomic E-state index is 0.0617. The second kappa shape index (κ2) is 7.44. The van der Waals surface area contributed by atoms with Gasteiger partial charge in [0, 0.05) is 31.2 Å². The van der Waals surface area contributed by atoms with Crippen molar-refractivity contribution in [2.24, 2.45) is 0 Å². The molecule has 0 spiro atoms. The molecule has 2 aromatic heterocycles. The van der Waals surface area contributed by atoms with E-state index < -0.39 is 0 Å². The number of nitrogens with one attached hydrogen (secondary N) is 1. The molecule has 1 aromatic carbocycles. The normalized spacial score (nSPS) is 19.9. The number of rotatable bonds is 3. The molecule has 150 valence electrons. The third-order valence-electron chi connectivity index (χ3n) is 5.80. The van der Waals surface area contributed by atoms with Gasteiger partial charge in [0.25, 0.3) is 5.91 Å². The first-order valence-corrected chi connectivity index (χ1v) is 10.1. The third kappa shape index (κ3) is 3.33. The van der Waals surface area contributed by atoms with E-state index in [1.165, 1.54) is 0 Å². The van der Waals surface area contributed by atoms with Crippen LogP contribution in [0, 0.1) is 0 Å². The van der Waals surface area contributed by atoms with Crippen LogP contribution in [0.4, 0.5) is 0 Å². The molecule has 3 aromatic rings. The lowest BCUT2D eigenvalue weighted by Gasteiger charge is -2.33. The zero-order valence-corrected chi connectivity index (χ0v) is 16.4. The second-order valence-electron chi connectivity index (χ2n) is 7.80. The van der Waals surface area contributed by atoms with Crippen LogP contribution in [0.15, 0.2) is 36.4 Å². The van der Waals surface area contributed by atoms with Crippen molar-refractivity contribution in [2.45, 2.75) is 38.3 Å². The monoisotopic (exact) mass is 392 g/mol. The smallest absolute Gasteiger partial charge is 0.272 e. The standard InChI is InChI=1S/C21H24N6O2/c1-14-12-26(13-19-24-25-20(27(14)19)16-7-9-29-10-8-16)21(28)18-11-17(22-23-18)15-5-3-2-4-6-15/h2-6,11,14,16H,7-10,12-13H2,1H3,(H,22,23)/t14-/m0/s1. The highest BCUT2D eigenvalue weighted by atomic mass is 16.5. The van der Waals surface area contributed by atoms with E-state index in [-0.39, 0.29) is 11.9 Å². The molecule has 0 aliphatic carbocycles. The molecular weight excluding hydrogens is 368 g/mol. The van der Waals surface area contributed by atoms with Gasteiger partial charge in [0.1, 0.15) is 11.5 Å². The predicted molar refractivity (Wildman–Crippen MR) is 106 cm³/mol. The van der Waals surface area contributed by atoms with Crippen molar-refractivity contribution < 1.29 is 9.53 Å². The van der Waals surface area contributed by atoms with Gasteiger partial charge < -0.3 is 14.2 Å². The molecule has 29 heavy (non-hydrogen) atoms. The number of nitrogens with zero attached hydrogens (tertiary/aromatic N) is 5. The summed E-state index contributed by atoms with van der Waals surface area (Å²) in [6.07, 6.45) is 1.95.